The lowest BCUT2D eigenvalue weighted by Crippen LogP contribution is -2.00. The molecule has 0 amide bonds. The molecule has 0 spiro atoms. The lowest BCUT2D eigenvalue weighted by atomic mass is 10.2. The Labute approximate surface area is 110 Å². The van der Waals surface area contributed by atoms with E-state index >= 15 is 0 Å². The van der Waals surface area contributed by atoms with Gasteiger partial charge in [-0.3, -0.25) is 0 Å². The fourth-order valence-electron chi connectivity index (χ4n) is 1.52. The zero-order chi connectivity index (χ0) is 13.0. The summed E-state index contributed by atoms with van der Waals surface area (Å²) >= 11 is 1.64. The Hall–Kier alpha value is -2.19. The van der Waals surface area contributed by atoms with E-state index in [1.165, 1.54) is 6.20 Å². The molecule has 0 saturated heterocycles. The second-order valence-electron chi connectivity index (χ2n) is 3.60. The van der Waals surface area contributed by atoms with E-state index in [0.717, 1.165) is 10.6 Å². The monoisotopic (exact) mass is 256 g/mol. The summed E-state index contributed by atoms with van der Waals surface area (Å²) in [7, 11) is 0. The number of para-hydroxylation sites is 1. The van der Waals surface area contributed by atoms with Gasteiger partial charge in [0.15, 0.2) is 5.82 Å². The van der Waals surface area contributed by atoms with E-state index in [1.807, 2.05) is 36.6 Å². The van der Waals surface area contributed by atoms with Gasteiger partial charge in [-0.1, -0.05) is 12.1 Å². The van der Waals surface area contributed by atoms with Gasteiger partial charge in [-0.05, 0) is 24.5 Å². The summed E-state index contributed by atoms with van der Waals surface area (Å²) in [6.45, 7) is 0. The number of aromatic nitrogens is 1. The Balaban J connectivity index is 2.32. The molecule has 0 bridgehead atoms. The highest BCUT2D eigenvalue weighted by molar-refractivity contribution is 7.98. The quantitative estimate of drug-likeness (QED) is 0.826. The van der Waals surface area contributed by atoms with Crippen LogP contribution < -0.4 is 11.1 Å². The summed E-state index contributed by atoms with van der Waals surface area (Å²) in [6, 6.07) is 11.5. The molecule has 0 fully saturated rings. The Morgan fingerprint density at radius 2 is 2.17 bits per heavy atom. The van der Waals surface area contributed by atoms with Gasteiger partial charge in [0.25, 0.3) is 0 Å². The minimum atomic E-state index is 0.455. The predicted octanol–water partition coefficient (Wildman–Crippen LogP) is 3.00. The average Bonchev–Trinajstić information content (AvgIpc) is 2.41. The van der Waals surface area contributed by atoms with Gasteiger partial charge in [0.2, 0.25) is 0 Å². The van der Waals surface area contributed by atoms with Crippen LogP contribution in [0.1, 0.15) is 5.56 Å². The molecule has 0 saturated carbocycles. The van der Waals surface area contributed by atoms with Crippen LogP contribution >= 0.6 is 11.8 Å². The molecule has 0 aliphatic carbocycles. The van der Waals surface area contributed by atoms with Crippen LogP contribution in [0.15, 0.2) is 41.4 Å². The lowest BCUT2D eigenvalue weighted by molar-refractivity contribution is 1.27. The summed E-state index contributed by atoms with van der Waals surface area (Å²) in [5, 5.41) is 11.9. The van der Waals surface area contributed by atoms with Gasteiger partial charge in [0.05, 0.1) is 16.9 Å². The van der Waals surface area contributed by atoms with Crippen molar-refractivity contribution in [3.05, 3.63) is 42.1 Å². The number of nitriles is 1. The highest BCUT2D eigenvalue weighted by Crippen LogP contribution is 2.29. The van der Waals surface area contributed by atoms with Crippen molar-refractivity contribution in [1.82, 2.24) is 4.98 Å². The maximum Gasteiger partial charge on any atom is 0.153 e. The van der Waals surface area contributed by atoms with Crippen molar-refractivity contribution in [2.24, 2.45) is 0 Å². The highest BCUT2D eigenvalue weighted by atomic mass is 32.2. The van der Waals surface area contributed by atoms with Gasteiger partial charge in [0.1, 0.15) is 6.07 Å². The van der Waals surface area contributed by atoms with Gasteiger partial charge >= 0.3 is 0 Å². The molecule has 4 nitrogen and oxygen atoms in total. The molecule has 3 N–H and O–H groups in total. The number of benzene rings is 1. The zero-order valence-electron chi connectivity index (χ0n) is 9.84. The first kappa shape index (κ1) is 12.3. The van der Waals surface area contributed by atoms with Crippen LogP contribution in [-0.4, -0.2) is 11.2 Å². The minimum absolute atomic E-state index is 0.455. The fourth-order valence-corrected chi connectivity index (χ4v) is 2.08. The number of hydrogen-bond donors (Lipinski definition) is 2. The van der Waals surface area contributed by atoms with Crippen molar-refractivity contribution < 1.29 is 0 Å². The summed E-state index contributed by atoms with van der Waals surface area (Å²) in [5.41, 5.74) is 7.72. The fraction of sp³-hybridized carbons (Fsp3) is 0.0769. The van der Waals surface area contributed by atoms with Crippen LogP contribution in [0.4, 0.5) is 17.2 Å². The van der Waals surface area contributed by atoms with E-state index < -0.39 is 0 Å². The van der Waals surface area contributed by atoms with Crippen molar-refractivity contribution in [3.8, 4) is 6.07 Å². The molecular formula is C13H12N4S. The van der Waals surface area contributed by atoms with Crippen LogP contribution in [-0.2, 0) is 0 Å². The second-order valence-corrected chi connectivity index (χ2v) is 4.45. The molecule has 2 aromatic rings. The van der Waals surface area contributed by atoms with Crippen molar-refractivity contribution >= 4 is 29.0 Å². The van der Waals surface area contributed by atoms with Crippen LogP contribution in [0.25, 0.3) is 0 Å². The molecule has 1 aromatic heterocycles. The number of nitrogen functional groups attached to an aromatic ring is 1. The minimum Gasteiger partial charge on any atom is -0.396 e. The molecule has 0 aliphatic heterocycles. The number of anilines is 3. The normalized spacial score (nSPS) is 9.78. The molecule has 0 aliphatic rings. The maximum atomic E-state index is 8.76. The first-order chi connectivity index (χ1) is 8.74. The third kappa shape index (κ3) is 2.55. The number of nitrogens with two attached hydrogens (primary N) is 1. The zero-order valence-corrected chi connectivity index (χ0v) is 10.7. The van der Waals surface area contributed by atoms with Gasteiger partial charge < -0.3 is 11.1 Å². The number of hydrogen-bond acceptors (Lipinski definition) is 5. The van der Waals surface area contributed by atoms with E-state index in [9.17, 15) is 0 Å². The molecular weight excluding hydrogens is 244 g/mol. The largest absolute Gasteiger partial charge is 0.396 e. The number of thioether (sulfide) groups is 1. The Morgan fingerprint density at radius 3 is 2.83 bits per heavy atom. The van der Waals surface area contributed by atoms with Gasteiger partial charge in [-0.15, -0.1) is 11.8 Å². The van der Waals surface area contributed by atoms with Gasteiger partial charge in [-0.2, -0.15) is 5.26 Å². The van der Waals surface area contributed by atoms with E-state index in [2.05, 4.69) is 10.3 Å². The summed E-state index contributed by atoms with van der Waals surface area (Å²) in [6.07, 6.45) is 3.51. The topological polar surface area (TPSA) is 74.7 Å². The van der Waals surface area contributed by atoms with Crippen molar-refractivity contribution in [1.29, 1.82) is 5.26 Å². The van der Waals surface area contributed by atoms with Crippen LogP contribution in [0.2, 0.25) is 0 Å². The first-order valence-electron chi connectivity index (χ1n) is 5.30. The van der Waals surface area contributed by atoms with Crippen LogP contribution in [0.5, 0.6) is 0 Å². The standard InChI is InChI=1S/C13H12N4S/c1-18-12-5-3-2-4-11(12)17-13-10(15)6-9(7-14)8-16-13/h2-6,8H,15H2,1H3,(H,16,17). The van der Waals surface area contributed by atoms with E-state index in [1.54, 1.807) is 17.8 Å². The molecule has 0 unspecified atom stereocenters. The van der Waals surface area contributed by atoms with E-state index in [4.69, 9.17) is 11.0 Å². The number of nitrogens with zero attached hydrogens (tertiary/aromatic N) is 2. The molecule has 1 aromatic carbocycles. The third-order valence-electron chi connectivity index (χ3n) is 2.41. The maximum absolute atomic E-state index is 8.76. The van der Waals surface area contributed by atoms with Gasteiger partial charge in [0, 0.05) is 11.1 Å². The number of rotatable bonds is 3. The van der Waals surface area contributed by atoms with E-state index in [-0.39, 0.29) is 0 Å². The first-order valence-corrected chi connectivity index (χ1v) is 6.52. The smallest absolute Gasteiger partial charge is 0.153 e. The molecule has 5 heteroatoms. The summed E-state index contributed by atoms with van der Waals surface area (Å²) in [5.74, 6) is 0.565. The summed E-state index contributed by atoms with van der Waals surface area (Å²) < 4.78 is 0. The highest BCUT2D eigenvalue weighted by Gasteiger charge is 2.05. The summed E-state index contributed by atoms with van der Waals surface area (Å²) in [4.78, 5) is 5.27. The molecule has 18 heavy (non-hydrogen) atoms. The Bertz CT molecular complexity index is 604. The molecule has 90 valence electrons. The Morgan fingerprint density at radius 1 is 1.39 bits per heavy atom. The average molecular weight is 256 g/mol. The van der Waals surface area contributed by atoms with Crippen LogP contribution in [0.3, 0.4) is 0 Å². The van der Waals surface area contributed by atoms with E-state index in [0.29, 0.717) is 17.1 Å². The van der Waals surface area contributed by atoms with Crippen molar-refractivity contribution in [2.75, 3.05) is 17.3 Å². The van der Waals surface area contributed by atoms with Gasteiger partial charge in [-0.25, -0.2) is 4.98 Å². The van der Waals surface area contributed by atoms with Crippen molar-refractivity contribution in [2.45, 2.75) is 4.90 Å². The SMILES string of the molecule is CSc1ccccc1Nc1ncc(C#N)cc1N. The Kier molecular flexibility index (Phi) is 3.70. The predicted molar refractivity (Wildman–Crippen MR) is 74.9 cm³/mol. The second kappa shape index (κ2) is 5.43. The number of pyridine rings is 1. The van der Waals surface area contributed by atoms with Crippen molar-refractivity contribution in [3.63, 3.8) is 0 Å². The molecule has 1 heterocycles. The molecule has 0 atom stereocenters. The number of nitrogens with one attached hydrogen (secondary N) is 1. The molecule has 2 rings (SSSR count). The lowest BCUT2D eigenvalue weighted by Gasteiger charge is -2.11. The third-order valence-corrected chi connectivity index (χ3v) is 3.20. The molecule has 0 radical (unpaired) electrons. The van der Waals surface area contributed by atoms with Crippen LogP contribution in [0, 0.1) is 11.3 Å².